The molecule has 0 N–H and O–H groups in total. The zero-order valence-electron chi connectivity index (χ0n) is 13.0. The summed E-state index contributed by atoms with van der Waals surface area (Å²) in [4.78, 5) is 5.58. The molecule has 0 radical (unpaired) electrons. The molecule has 1 unspecified atom stereocenters. The molecule has 0 saturated heterocycles. The van der Waals surface area contributed by atoms with Crippen LogP contribution < -0.4 is 0 Å². The van der Waals surface area contributed by atoms with Gasteiger partial charge in [0.15, 0.2) is 16.8 Å². The van der Waals surface area contributed by atoms with Gasteiger partial charge < -0.3 is 4.52 Å². The van der Waals surface area contributed by atoms with Crippen molar-refractivity contribution in [3.8, 4) is 10.7 Å². The van der Waals surface area contributed by atoms with Gasteiger partial charge in [0, 0.05) is 12.5 Å². The van der Waals surface area contributed by atoms with E-state index in [-0.39, 0.29) is 5.25 Å². The van der Waals surface area contributed by atoms with Crippen molar-refractivity contribution in [3.05, 3.63) is 29.2 Å². The molecule has 0 aromatic carbocycles. The number of rotatable bonds is 6. The molecule has 8 heteroatoms. The Morgan fingerprint density at radius 3 is 2.96 bits per heavy atom. The van der Waals surface area contributed by atoms with E-state index < -0.39 is 0 Å². The maximum Gasteiger partial charge on any atom is 0.239 e. The van der Waals surface area contributed by atoms with Gasteiger partial charge in [-0.15, -0.1) is 21.5 Å². The second kappa shape index (κ2) is 6.09. The Bertz CT molecular complexity index is 791. The average Bonchev–Trinajstić information content (AvgIpc) is 3.02. The summed E-state index contributed by atoms with van der Waals surface area (Å²) >= 11 is 3.33. The lowest BCUT2D eigenvalue weighted by Crippen LogP contribution is -2.00. The molecule has 1 saturated carbocycles. The molecule has 0 bridgehead atoms. The van der Waals surface area contributed by atoms with Gasteiger partial charge in [-0.1, -0.05) is 29.9 Å². The number of aryl methyl sites for hydroxylation is 1. The summed E-state index contributed by atoms with van der Waals surface area (Å²) in [7, 11) is 0. The Kier molecular flexibility index (Phi) is 3.94. The second-order valence-corrected chi connectivity index (χ2v) is 7.80. The third-order valence-corrected chi connectivity index (χ3v) is 5.66. The van der Waals surface area contributed by atoms with Gasteiger partial charge in [-0.2, -0.15) is 4.98 Å². The molecule has 0 aliphatic heterocycles. The lowest BCUT2D eigenvalue weighted by Gasteiger charge is -2.09. The highest BCUT2D eigenvalue weighted by molar-refractivity contribution is 7.99. The van der Waals surface area contributed by atoms with E-state index in [0.29, 0.717) is 11.9 Å². The van der Waals surface area contributed by atoms with E-state index in [2.05, 4.69) is 43.3 Å². The summed E-state index contributed by atoms with van der Waals surface area (Å²) in [6.07, 6.45) is 3.17. The summed E-state index contributed by atoms with van der Waals surface area (Å²) in [6, 6.07) is 4.66. The third-order valence-electron chi connectivity index (χ3n) is 3.75. The van der Waals surface area contributed by atoms with Gasteiger partial charge in [-0.05, 0) is 31.2 Å². The molecule has 120 valence electrons. The lowest BCUT2D eigenvalue weighted by molar-refractivity contribution is 0.375. The Labute approximate surface area is 142 Å². The molecule has 1 aliphatic carbocycles. The zero-order valence-corrected chi connectivity index (χ0v) is 14.6. The van der Waals surface area contributed by atoms with Crippen molar-refractivity contribution in [3.63, 3.8) is 0 Å². The van der Waals surface area contributed by atoms with Crippen molar-refractivity contribution in [1.82, 2.24) is 24.9 Å². The van der Waals surface area contributed by atoms with Crippen LogP contribution in [0.2, 0.25) is 0 Å². The van der Waals surface area contributed by atoms with Crippen LogP contribution in [0.25, 0.3) is 10.7 Å². The highest BCUT2D eigenvalue weighted by atomic mass is 32.2. The smallest absolute Gasteiger partial charge is 0.239 e. The van der Waals surface area contributed by atoms with E-state index in [0.717, 1.165) is 28.1 Å². The first-order valence-corrected chi connectivity index (χ1v) is 9.50. The van der Waals surface area contributed by atoms with Crippen LogP contribution in [0.4, 0.5) is 0 Å². The molecule has 23 heavy (non-hydrogen) atoms. The first-order chi connectivity index (χ1) is 11.3. The molecular formula is C15H17N5OS2. The molecular weight excluding hydrogens is 330 g/mol. The van der Waals surface area contributed by atoms with Gasteiger partial charge in [0.25, 0.3) is 0 Å². The number of hydrogen-bond donors (Lipinski definition) is 0. The van der Waals surface area contributed by atoms with Crippen LogP contribution >= 0.6 is 23.1 Å². The van der Waals surface area contributed by atoms with Crippen LogP contribution in [0.5, 0.6) is 0 Å². The standard InChI is InChI=1S/C15H17N5OS2/c1-3-12-16-14(21-19-12)9(2)23-15-18-17-13(11-5-4-8-22-11)20(15)10-6-7-10/h4-5,8-10H,3,6-7H2,1-2H3. The predicted octanol–water partition coefficient (Wildman–Crippen LogP) is 4.14. The maximum atomic E-state index is 5.35. The highest BCUT2D eigenvalue weighted by Gasteiger charge is 2.31. The van der Waals surface area contributed by atoms with Gasteiger partial charge in [0.1, 0.15) is 0 Å². The van der Waals surface area contributed by atoms with Crippen LogP contribution in [0, 0.1) is 0 Å². The fourth-order valence-corrected chi connectivity index (χ4v) is 4.03. The SMILES string of the molecule is CCc1noc(C(C)Sc2nnc(-c3cccs3)n2C2CC2)n1. The summed E-state index contributed by atoms with van der Waals surface area (Å²) in [5.74, 6) is 2.36. The summed E-state index contributed by atoms with van der Waals surface area (Å²) in [5, 5.41) is 15.9. The number of thioether (sulfide) groups is 1. The minimum absolute atomic E-state index is 0.0562. The Morgan fingerprint density at radius 1 is 1.43 bits per heavy atom. The van der Waals surface area contributed by atoms with Crippen LogP contribution in [0.3, 0.4) is 0 Å². The fraction of sp³-hybridized carbons (Fsp3) is 0.467. The molecule has 6 nitrogen and oxygen atoms in total. The molecule has 1 fully saturated rings. The topological polar surface area (TPSA) is 69.6 Å². The molecule has 3 aromatic rings. The number of nitrogens with zero attached hydrogens (tertiary/aromatic N) is 5. The normalized spacial score (nSPS) is 15.9. The maximum absolute atomic E-state index is 5.35. The van der Waals surface area contributed by atoms with Crippen molar-refractivity contribution in [1.29, 1.82) is 0 Å². The lowest BCUT2D eigenvalue weighted by atomic mass is 10.4. The van der Waals surface area contributed by atoms with Crippen LogP contribution in [-0.2, 0) is 6.42 Å². The van der Waals surface area contributed by atoms with Gasteiger partial charge in [0.05, 0.1) is 10.1 Å². The number of hydrogen-bond acceptors (Lipinski definition) is 7. The third kappa shape index (κ3) is 2.92. The van der Waals surface area contributed by atoms with Crippen molar-refractivity contribution in [2.45, 2.75) is 49.6 Å². The summed E-state index contributed by atoms with van der Waals surface area (Å²) in [5.41, 5.74) is 0. The van der Waals surface area contributed by atoms with E-state index in [1.165, 1.54) is 12.8 Å². The first-order valence-electron chi connectivity index (χ1n) is 7.74. The van der Waals surface area contributed by atoms with Crippen molar-refractivity contribution in [2.75, 3.05) is 0 Å². The average molecular weight is 347 g/mol. The van der Waals surface area contributed by atoms with E-state index in [9.17, 15) is 0 Å². The summed E-state index contributed by atoms with van der Waals surface area (Å²) < 4.78 is 7.62. The Hall–Kier alpha value is -1.67. The van der Waals surface area contributed by atoms with Crippen LogP contribution in [0.15, 0.2) is 27.2 Å². The van der Waals surface area contributed by atoms with Gasteiger partial charge in [-0.25, -0.2) is 0 Å². The second-order valence-electron chi connectivity index (χ2n) is 5.55. The first kappa shape index (κ1) is 14.9. The molecule has 3 aromatic heterocycles. The fourth-order valence-electron chi connectivity index (χ4n) is 2.38. The predicted molar refractivity (Wildman–Crippen MR) is 89.6 cm³/mol. The van der Waals surface area contributed by atoms with E-state index in [4.69, 9.17) is 4.52 Å². The quantitative estimate of drug-likeness (QED) is 0.624. The van der Waals surface area contributed by atoms with Crippen LogP contribution in [-0.4, -0.2) is 24.9 Å². The van der Waals surface area contributed by atoms with E-state index in [1.54, 1.807) is 23.1 Å². The largest absolute Gasteiger partial charge is 0.338 e. The van der Waals surface area contributed by atoms with Gasteiger partial charge in [0.2, 0.25) is 5.89 Å². The number of aromatic nitrogens is 5. The zero-order chi connectivity index (χ0) is 15.8. The van der Waals surface area contributed by atoms with Crippen molar-refractivity contribution in [2.24, 2.45) is 0 Å². The van der Waals surface area contributed by atoms with Gasteiger partial charge >= 0.3 is 0 Å². The Morgan fingerprint density at radius 2 is 2.30 bits per heavy atom. The molecule has 1 atom stereocenters. The molecule has 4 rings (SSSR count). The molecule has 0 amide bonds. The minimum atomic E-state index is 0.0562. The van der Waals surface area contributed by atoms with Gasteiger partial charge in [-0.3, -0.25) is 4.57 Å². The van der Waals surface area contributed by atoms with Crippen molar-refractivity contribution >= 4 is 23.1 Å². The number of thiophene rings is 1. The Balaban J connectivity index is 1.61. The summed E-state index contributed by atoms with van der Waals surface area (Å²) in [6.45, 7) is 4.08. The van der Waals surface area contributed by atoms with E-state index >= 15 is 0 Å². The highest BCUT2D eigenvalue weighted by Crippen LogP contribution is 2.44. The molecule has 3 heterocycles. The molecule has 0 spiro atoms. The van der Waals surface area contributed by atoms with E-state index in [1.807, 2.05) is 13.0 Å². The van der Waals surface area contributed by atoms with Crippen molar-refractivity contribution < 1.29 is 4.52 Å². The minimum Gasteiger partial charge on any atom is -0.338 e. The molecule has 1 aliphatic rings. The van der Waals surface area contributed by atoms with Crippen LogP contribution in [0.1, 0.15) is 49.7 Å². The monoisotopic (exact) mass is 347 g/mol.